The summed E-state index contributed by atoms with van der Waals surface area (Å²) < 4.78 is 5.26. The lowest BCUT2D eigenvalue weighted by atomic mass is 9.97. The summed E-state index contributed by atoms with van der Waals surface area (Å²) in [5.74, 6) is 2.63. The van der Waals surface area contributed by atoms with E-state index in [2.05, 4.69) is 48.7 Å². The average Bonchev–Trinajstić information content (AvgIpc) is 2.81. The summed E-state index contributed by atoms with van der Waals surface area (Å²) in [5, 5.41) is 4.23. The van der Waals surface area contributed by atoms with Crippen LogP contribution in [-0.4, -0.2) is 42.2 Å². The van der Waals surface area contributed by atoms with E-state index >= 15 is 0 Å². The number of hydrogen-bond donors (Lipinski definition) is 1. The van der Waals surface area contributed by atoms with Gasteiger partial charge in [0.05, 0.1) is 13.7 Å². The van der Waals surface area contributed by atoms with Crippen molar-refractivity contribution < 1.29 is 9.53 Å². The first-order valence-electron chi connectivity index (χ1n) is 9.87. The Morgan fingerprint density at radius 1 is 1.29 bits per heavy atom. The second kappa shape index (κ2) is 10.9. The van der Waals surface area contributed by atoms with Gasteiger partial charge in [-0.25, -0.2) is 0 Å². The molecular formula is C23H29NO2S2. The molecule has 0 amide bonds. The molecule has 2 aliphatic rings. The number of carbonyl (C=O) groups excluding carboxylic acids is 1. The molecule has 1 N–H and O–H groups in total. The largest absolute Gasteiger partial charge is 0.497 e. The van der Waals surface area contributed by atoms with Gasteiger partial charge in [0.2, 0.25) is 0 Å². The maximum Gasteiger partial charge on any atom is 0.182 e. The van der Waals surface area contributed by atoms with E-state index < -0.39 is 0 Å². The number of nitrogens with one attached hydrogen (secondary N) is 1. The Labute approximate surface area is 177 Å². The highest BCUT2D eigenvalue weighted by Crippen LogP contribution is 2.38. The fourth-order valence-corrected chi connectivity index (χ4v) is 6.06. The molecule has 3 atom stereocenters. The fraction of sp³-hybridized carbons (Fsp3) is 0.435. The number of thioether (sulfide) groups is 2. The molecule has 1 aliphatic heterocycles. The first-order valence-corrected chi connectivity index (χ1v) is 11.8. The van der Waals surface area contributed by atoms with Gasteiger partial charge in [0.1, 0.15) is 5.75 Å². The minimum atomic E-state index is 0.210. The van der Waals surface area contributed by atoms with Crippen molar-refractivity contribution in [2.45, 2.75) is 30.3 Å². The van der Waals surface area contributed by atoms with Gasteiger partial charge in [-0.2, -0.15) is 11.8 Å². The molecule has 3 nitrogen and oxygen atoms in total. The molecule has 0 aromatic heterocycles. The summed E-state index contributed by atoms with van der Waals surface area (Å²) in [6.07, 6.45) is 12.9. The molecule has 0 radical (unpaired) electrons. The van der Waals surface area contributed by atoms with Crippen molar-refractivity contribution in [1.29, 1.82) is 0 Å². The van der Waals surface area contributed by atoms with Crippen LogP contribution in [-0.2, 0) is 11.2 Å². The normalized spacial score (nSPS) is 24.5. The van der Waals surface area contributed by atoms with Crippen molar-refractivity contribution in [2.24, 2.45) is 5.92 Å². The van der Waals surface area contributed by atoms with E-state index in [1.807, 2.05) is 30.0 Å². The third-order valence-electron chi connectivity index (χ3n) is 5.02. The molecule has 150 valence electrons. The zero-order chi connectivity index (χ0) is 19.8. The number of allylic oxidation sites excluding steroid dienone is 4. The van der Waals surface area contributed by atoms with Crippen LogP contribution < -0.4 is 10.1 Å². The number of ether oxygens (including phenoxy) is 1. The van der Waals surface area contributed by atoms with Crippen molar-refractivity contribution in [2.75, 3.05) is 26.0 Å². The molecule has 1 aromatic rings. The van der Waals surface area contributed by atoms with Gasteiger partial charge in [0.25, 0.3) is 0 Å². The number of carbonyl (C=O) groups is 1. The lowest BCUT2D eigenvalue weighted by molar-refractivity contribution is -0.114. The first-order chi connectivity index (χ1) is 13.7. The summed E-state index contributed by atoms with van der Waals surface area (Å²) in [6, 6.07) is 8.08. The van der Waals surface area contributed by atoms with Crippen LogP contribution in [0.5, 0.6) is 5.75 Å². The number of benzene rings is 1. The highest BCUT2D eigenvalue weighted by molar-refractivity contribution is 8.04. The number of methoxy groups -OCH3 is 1. The van der Waals surface area contributed by atoms with Gasteiger partial charge in [0.15, 0.2) is 5.78 Å². The molecule has 5 heteroatoms. The molecule has 3 rings (SSSR count). The van der Waals surface area contributed by atoms with Crippen LogP contribution in [0.2, 0.25) is 0 Å². The molecule has 0 spiro atoms. The van der Waals surface area contributed by atoms with E-state index in [4.69, 9.17) is 4.74 Å². The van der Waals surface area contributed by atoms with Crippen LogP contribution in [0.1, 0.15) is 18.9 Å². The number of rotatable bonds is 7. The minimum absolute atomic E-state index is 0.210. The Balaban J connectivity index is 1.50. The summed E-state index contributed by atoms with van der Waals surface area (Å²) in [4.78, 5) is 13.7. The second-order valence-corrected chi connectivity index (χ2v) is 9.77. The second-order valence-electron chi connectivity index (χ2n) is 7.06. The van der Waals surface area contributed by atoms with Gasteiger partial charge < -0.3 is 10.1 Å². The predicted molar refractivity (Wildman–Crippen MR) is 122 cm³/mol. The smallest absolute Gasteiger partial charge is 0.182 e. The summed E-state index contributed by atoms with van der Waals surface area (Å²) in [7, 11) is 1.68. The molecule has 0 fully saturated rings. The van der Waals surface area contributed by atoms with Gasteiger partial charge in [-0.1, -0.05) is 49.4 Å². The molecule has 0 bridgehead atoms. The standard InChI is InChI=1S/C23H29NO2S2/c1-17-20-9-3-4-10-22(20)27-14-6-11-23(28-17)21(25)16-24-13-12-18-7-5-8-19(15-18)26-2/h3-5,7-11,15,17,20,22,24H,6,12-14,16H2,1-2H3. The zero-order valence-electron chi connectivity index (χ0n) is 16.6. The molecule has 1 heterocycles. The van der Waals surface area contributed by atoms with Crippen molar-refractivity contribution in [3.63, 3.8) is 0 Å². The lowest BCUT2D eigenvalue weighted by Gasteiger charge is -2.28. The van der Waals surface area contributed by atoms with Gasteiger partial charge in [-0.05, 0) is 42.8 Å². The molecule has 0 saturated heterocycles. The highest BCUT2D eigenvalue weighted by Gasteiger charge is 2.28. The summed E-state index contributed by atoms with van der Waals surface area (Å²) in [6.45, 7) is 3.42. The van der Waals surface area contributed by atoms with E-state index in [1.165, 1.54) is 5.56 Å². The van der Waals surface area contributed by atoms with Crippen molar-refractivity contribution in [1.82, 2.24) is 5.32 Å². The van der Waals surface area contributed by atoms with E-state index in [1.54, 1.807) is 18.9 Å². The summed E-state index contributed by atoms with van der Waals surface area (Å²) in [5.41, 5.74) is 1.21. The molecule has 1 aliphatic carbocycles. The Morgan fingerprint density at radius 2 is 2.14 bits per heavy atom. The Kier molecular flexibility index (Phi) is 8.31. The zero-order valence-corrected chi connectivity index (χ0v) is 18.2. The molecule has 1 aromatic carbocycles. The van der Waals surface area contributed by atoms with Crippen LogP contribution in [0.3, 0.4) is 0 Å². The minimum Gasteiger partial charge on any atom is -0.497 e. The third-order valence-corrected chi connectivity index (χ3v) is 7.68. The number of ketones is 1. The maximum atomic E-state index is 12.8. The van der Waals surface area contributed by atoms with Gasteiger partial charge in [0, 0.05) is 21.3 Å². The average molecular weight is 416 g/mol. The molecule has 28 heavy (non-hydrogen) atoms. The Bertz CT molecular complexity index is 757. The van der Waals surface area contributed by atoms with E-state index in [-0.39, 0.29) is 5.78 Å². The Hall–Kier alpha value is -1.43. The SMILES string of the molecule is COc1cccc(CCNCC(=O)C2=CCCSC3C=CC=CC3C(C)S2)c1. The van der Waals surface area contributed by atoms with Gasteiger partial charge in [-0.15, -0.1) is 11.8 Å². The van der Waals surface area contributed by atoms with Crippen LogP contribution >= 0.6 is 23.5 Å². The predicted octanol–water partition coefficient (Wildman–Crippen LogP) is 4.65. The highest BCUT2D eigenvalue weighted by atomic mass is 32.2. The maximum absolute atomic E-state index is 12.8. The number of Topliss-reactive ketones (excluding diaryl/α,β-unsaturated/α-hetero) is 1. The molecule has 3 unspecified atom stereocenters. The van der Waals surface area contributed by atoms with Gasteiger partial charge in [-0.3, -0.25) is 4.79 Å². The topological polar surface area (TPSA) is 38.3 Å². The van der Waals surface area contributed by atoms with E-state index in [9.17, 15) is 4.79 Å². The fourth-order valence-electron chi connectivity index (χ4n) is 3.44. The summed E-state index contributed by atoms with van der Waals surface area (Å²) >= 11 is 3.74. The number of fused-ring (bicyclic) bond motifs is 1. The lowest BCUT2D eigenvalue weighted by Crippen LogP contribution is -2.27. The quantitative estimate of drug-likeness (QED) is 0.656. The van der Waals surface area contributed by atoms with Crippen LogP contribution in [0.25, 0.3) is 0 Å². The van der Waals surface area contributed by atoms with Crippen molar-refractivity contribution in [3.8, 4) is 5.75 Å². The van der Waals surface area contributed by atoms with Gasteiger partial charge >= 0.3 is 0 Å². The molecular weight excluding hydrogens is 386 g/mol. The number of hydrogen-bond acceptors (Lipinski definition) is 5. The Morgan fingerprint density at radius 3 is 3.00 bits per heavy atom. The van der Waals surface area contributed by atoms with E-state index in [0.717, 1.165) is 35.8 Å². The van der Waals surface area contributed by atoms with Crippen LogP contribution in [0.15, 0.2) is 59.6 Å². The molecule has 0 saturated carbocycles. The van der Waals surface area contributed by atoms with Crippen LogP contribution in [0, 0.1) is 5.92 Å². The van der Waals surface area contributed by atoms with Crippen molar-refractivity contribution in [3.05, 3.63) is 65.1 Å². The monoisotopic (exact) mass is 415 g/mol. The van der Waals surface area contributed by atoms with Crippen molar-refractivity contribution >= 4 is 29.3 Å². The first kappa shape index (κ1) is 21.3. The van der Waals surface area contributed by atoms with E-state index in [0.29, 0.717) is 23.0 Å². The third kappa shape index (κ3) is 6.03. The van der Waals surface area contributed by atoms with Crippen LogP contribution in [0.4, 0.5) is 0 Å².